The first-order valence-electron chi connectivity index (χ1n) is 14.5. The molecular formula is C37H46P2. The molecule has 2 unspecified atom stereocenters. The molecule has 0 aliphatic carbocycles. The molecule has 4 aromatic rings. The van der Waals surface area contributed by atoms with E-state index in [0.29, 0.717) is 11.3 Å². The van der Waals surface area contributed by atoms with E-state index in [1.54, 1.807) is 0 Å². The molecule has 0 saturated carbocycles. The fourth-order valence-corrected chi connectivity index (χ4v) is 12.9. The molecule has 0 aliphatic rings. The molecule has 0 nitrogen and oxygen atoms in total. The molecule has 0 radical (unpaired) electrons. The van der Waals surface area contributed by atoms with Gasteiger partial charge in [0.2, 0.25) is 0 Å². The zero-order valence-corrected chi connectivity index (χ0v) is 27.0. The van der Waals surface area contributed by atoms with Crippen molar-refractivity contribution in [3.8, 4) is 0 Å². The van der Waals surface area contributed by atoms with Gasteiger partial charge in [-0.2, -0.15) is 0 Å². The van der Waals surface area contributed by atoms with Crippen LogP contribution >= 0.6 is 15.8 Å². The third-order valence-corrected chi connectivity index (χ3v) is 15.0. The van der Waals surface area contributed by atoms with Crippen molar-refractivity contribution >= 4 is 37.1 Å². The molecule has 0 fully saturated rings. The van der Waals surface area contributed by atoms with E-state index in [1.807, 2.05) is 0 Å². The van der Waals surface area contributed by atoms with E-state index in [4.69, 9.17) is 0 Å². The van der Waals surface area contributed by atoms with Crippen molar-refractivity contribution in [3.63, 3.8) is 0 Å². The Morgan fingerprint density at radius 3 is 0.821 bits per heavy atom. The van der Waals surface area contributed by atoms with Gasteiger partial charge in [0, 0.05) is 0 Å². The van der Waals surface area contributed by atoms with Gasteiger partial charge in [-0.3, -0.25) is 0 Å². The predicted octanol–water partition coefficient (Wildman–Crippen LogP) is 9.07. The van der Waals surface area contributed by atoms with Crippen LogP contribution in [-0.4, -0.2) is 11.3 Å². The average molecular weight is 553 g/mol. The first-order valence-corrected chi connectivity index (χ1v) is 17.4. The van der Waals surface area contributed by atoms with Gasteiger partial charge in [-0.25, -0.2) is 0 Å². The Hall–Kier alpha value is -2.26. The maximum absolute atomic E-state index is 2.58. The Balaban J connectivity index is 1.87. The highest BCUT2D eigenvalue weighted by Crippen LogP contribution is 2.59. The number of rotatable bonds is 10. The van der Waals surface area contributed by atoms with Crippen LogP contribution in [0.4, 0.5) is 0 Å². The summed E-state index contributed by atoms with van der Waals surface area (Å²) < 4.78 is 0. The smallest absolute Gasteiger partial charge is 0.00946 e. The number of hydrogen-bond acceptors (Lipinski definition) is 0. The lowest BCUT2D eigenvalue weighted by atomic mass is 9.76. The molecule has 2 atom stereocenters. The summed E-state index contributed by atoms with van der Waals surface area (Å²) in [7, 11) is -1.06. The minimum Gasteiger partial charge on any atom is -0.0648 e. The van der Waals surface area contributed by atoms with Gasteiger partial charge in [0.15, 0.2) is 0 Å². The lowest BCUT2D eigenvalue weighted by Crippen LogP contribution is -2.45. The van der Waals surface area contributed by atoms with Gasteiger partial charge in [-0.1, -0.05) is 147 Å². The lowest BCUT2D eigenvalue weighted by Gasteiger charge is -2.49. The summed E-state index contributed by atoms with van der Waals surface area (Å²) in [5, 5.41) is 6.00. The summed E-state index contributed by atoms with van der Waals surface area (Å²) in [6.07, 6.45) is 2.36. The van der Waals surface area contributed by atoms with E-state index in [0.717, 1.165) is 0 Å². The summed E-state index contributed by atoms with van der Waals surface area (Å²) in [6, 6.07) is 37.7. The summed E-state index contributed by atoms with van der Waals surface area (Å²) in [4.78, 5) is 0. The van der Waals surface area contributed by atoms with Crippen molar-refractivity contribution in [3.05, 3.63) is 119 Å². The van der Waals surface area contributed by atoms with Crippen LogP contribution < -0.4 is 21.2 Å². The molecule has 4 rings (SSSR count). The summed E-state index contributed by atoms with van der Waals surface area (Å²) in [6.45, 7) is 18.8. The molecule has 0 amide bonds. The second-order valence-corrected chi connectivity index (χ2v) is 16.5. The fraction of sp³-hybridized carbons (Fsp3) is 0.351. The third kappa shape index (κ3) is 6.40. The third-order valence-electron chi connectivity index (χ3n) is 9.00. The van der Waals surface area contributed by atoms with Crippen molar-refractivity contribution in [2.75, 3.05) is 0 Å². The van der Waals surface area contributed by atoms with Crippen LogP contribution in [-0.2, 0) is 0 Å². The van der Waals surface area contributed by atoms with E-state index in [9.17, 15) is 0 Å². The predicted molar refractivity (Wildman–Crippen MR) is 179 cm³/mol. The van der Waals surface area contributed by atoms with Gasteiger partial charge in [-0.05, 0) is 94.3 Å². The molecule has 39 heavy (non-hydrogen) atoms. The average Bonchev–Trinajstić information content (AvgIpc) is 2.94. The zero-order chi connectivity index (χ0) is 28.2. The Bertz CT molecular complexity index is 1120. The first-order chi connectivity index (χ1) is 18.7. The molecule has 0 N–H and O–H groups in total. The van der Waals surface area contributed by atoms with Crippen molar-refractivity contribution in [2.24, 2.45) is 5.41 Å². The molecule has 0 aliphatic heterocycles. The van der Waals surface area contributed by atoms with Crippen molar-refractivity contribution in [2.45, 2.75) is 79.5 Å². The van der Waals surface area contributed by atoms with Crippen LogP contribution in [0.3, 0.4) is 0 Å². The normalized spacial score (nSPS) is 13.6. The lowest BCUT2D eigenvalue weighted by molar-refractivity contribution is 0.255. The van der Waals surface area contributed by atoms with E-state index < -0.39 is 15.8 Å². The Morgan fingerprint density at radius 1 is 0.436 bits per heavy atom. The van der Waals surface area contributed by atoms with E-state index in [-0.39, 0.29) is 5.41 Å². The minimum absolute atomic E-state index is 0.197. The maximum atomic E-state index is 2.58. The molecule has 0 saturated heterocycles. The van der Waals surface area contributed by atoms with Gasteiger partial charge >= 0.3 is 0 Å². The van der Waals surface area contributed by atoms with Crippen LogP contribution in [0.2, 0.25) is 0 Å². The largest absolute Gasteiger partial charge is 0.0648 e. The molecule has 0 aromatic heterocycles. The molecule has 2 heteroatoms. The minimum atomic E-state index is -0.531. The fourth-order valence-electron chi connectivity index (χ4n) is 6.31. The highest BCUT2D eigenvalue weighted by atomic mass is 31.1. The van der Waals surface area contributed by atoms with E-state index >= 15 is 0 Å². The van der Waals surface area contributed by atoms with Gasteiger partial charge in [-0.15, -0.1) is 0 Å². The second-order valence-electron chi connectivity index (χ2n) is 11.4. The Labute approximate surface area is 240 Å². The van der Waals surface area contributed by atoms with E-state index in [1.165, 1.54) is 56.3 Å². The van der Waals surface area contributed by atoms with Gasteiger partial charge < -0.3 is 0 Å². The topological polar surface area (TPSA) is 0 Å². The van der Waals surface area contributed by atoms with Gasteiger partial charge in [0.1, 0.15) is 0 Å². The van der Waals surface area contributed by atoms with Crippen LogP contribution in [0.1, 0.15) is 62.8 Å². The zero-order valence-electron chi connectivity index (χ0n) is 25.2. The quantitative estimate of drug-likeness (QED) is 0.172. The van der Waals surface area contributed by atoms with Gasteiger partial charge in [0.25, 0.3) is 0 Å². The van der Waals surface area contributed by atoms with Crippen LogP contribution in [0.5, 0.6) is 0 Å². The summed E-state index contributed by atoms with van der Waals surface area (Å²) in [5.41, 5.74) is 6.59. The standard InChI is InChI=1S/C37H46P2/c1-9-37(10-2,31(7)38(33-19-11-27(3)12-20-33)34-21-13-28(4)14-22-34)32(8)39(35-23-15-29(5)16-24-35)36-25-17-30(6)18-26-36/h11-26,31-32H,9-10H2,1-8H3. The first kappa shape index (κ1) is 29.7. The van der Waals surface area contributed by atoms with Crippen molar-refractivity contribution < 1.29 is 0 Å². The summed E-state index contributed by atoms with van der Waals surface area (Å²) in [5.74, 6) is 0. The number of aryl methyl sites for hydroxylation is 4. The van der Waals surface area contributed by atoms with Crippen molar-refractivity contribution in [1.82, 2.24) is 0 Å². The number of hydrogen-bond donors (Lipinski definition) is 0. The molecule has 204 valence electrons. The molecule has 0 heterocycles. The van der Waals surface area contributed by atoms with E-state index in [2.05, 4.69) is 152 Å². The van der Waals surface area contributed by atoms with Crippen LogP contribution in [0.15, 0.2) is 97.1 Å². The maximum Gasteiger partial charge on any atom is -0.00946 e. The van der Waals surface area contributed by atoms with Crippen molar-refractivity contribution in [1.29, 1.82) is 0 Å². The second kappa shape index (κ2) is 12.9. The van der Waals surface area contributed by atoms with Gasteiger partial charge in [0.05, 0.1) is 0 Å². The summed E-state index contributed by atoms with van der Waals surface area (Å²) >= 11 is 0. The SMILES string of the molecule is CCC(CC)(C(C)P(c1ccc(C)cc1)c1ccc(C)cc1)C(C)P(c1ccc(C)cc1)c1ccc(C)cc1. The highest BCUT2D eigenvalue weighted by Gasteiger charge is 2.46. The molecule has 4 aromatic carbocycles. The Kier molecular flexibility index (Phi) is 9.86. The van der Waals surface area contributed by atoms with Crippen LogP contribution in [0, 0.1) is 33.1 Å². The molecular weight excluding hydrogens is 506 g/mol. The molecule has 0 spiro atoms. The monoisotopic (exact) mass is 552 g/mol. The highest BCUT2D eigenvalue weighted by molar-refractivity contribution is 7.74. The van der Waals surface area contributed by atoms with Crippen LogP contribution in [0.25, 0.3) is 0 Å². The Morgan fingerprint density at radius 2 is 0.641 bits per heavy atom. The number of benzene rings is 4. The molecule has 0 bridgehead atoms.